The lowest BCUT2D eigenvalue weighted by Crippen LogP contribution is -2.67. The molecule has 0 bridgehead atoms. The van der Waals surface area contributed by atoms with Crippen LogP contribution in [0.4, 0.5) is 0 Å². The number of rotatable bonds is 6. The number of fused-ring (bicyclic) bond motifs is 1. The fourth-order valence-corrected chi connectivity index (χ4v) is 7.59. The number of aliphatic hydroxyl groups is 1. The Kier molecular flexibility index (Phi) is 7.30. The van der Waals surface area contributed by atoms with E-state index in [-0.39, 0.29) is 29.5 Å². The van der Waals surface area contributed by atoms with Gasteiger partial charge in [-0.2, -0.15) is 4.31 Å². The van der Waals surface area contributed by atoms with E-state index in [4.69, 9.17) is 4.74 Å². The van der Waals surface area contributed by atoms with Crippen molar-refractivity contribution in [2.24, 2.45) is 0 Å². The topological polar surface area (TPSA) is 70.1 Å². The summed E-state index contributed by atoms with van der Waals surface area (Å²) < 4.78 is 34.1. The average molecular weight is 497 g/mol. The zero-order valence-electron chi connectivity index (χ0n) is 20.5. The zero-order valence-corrected chi connectivity index (χ0v) is 21.3. The lowest BCUT2D eigenvalue weighted by molar-refractivity contribution is -0.0553. The van der Waals surface area contributed by atoms with Gasteiger partial charge >= 0.3 is 0 Å². The normalized spacial score (nSPS) is 26.1. The zero-order chi connectivity index (χ0) is 24.4. The van der Waals surface area contributed by atoms with Gasteiger partial charge in [-0.25, -0.2) is 8.42 Å². The van der Waals surface area contributed by atoms with Crippen LogP contribution in [-0.4, -0.2) is 68.2 Å². The predicted octanol–water partition coefficient (Wildman–Crippen LogP) is 4.27. The summed E-state index contributed by atoms with van der Waals surface area (Å²) in [6.45, 7) is 1.90. The van der Waals surface area contributed by atoms with Crippen molar-refractivity contribution < 1.29 is 18.3 Å². The molecule has 2 aromatic carbocycles. The van der Waals surface area contributed by atoms with Crippen molar-refractivity contribution in [3.05, 3.63) is 65.7 Å². The Balaban J connectivity index is 1.41. The van der Waals surface area contributed by atoms with E-state index in [1.165, 1.54) is 29.5 Å². The van der Waals surface area contributed by atoms with Crippen LogP contribution in [0.25, 0.3) is 5.57 Å². The van der Waals surface area contributed by atoms with E-state index in [1.807, 2.05) is 0 Å². The molecule has 35 heavy (non-hydrogen) atoms. The van der Waals surface area contributed by atoms with Gasteiger partial charge in [0.2, 0.25) is 10.0 Å². The maximum atomic E-state index is 13.6. The van der Waals surface area contributed by atoms with Crippen LogP contribution in [0.1, 0.15) is 55.6 Å². The van der Waals surface area contributed by atoms with Gasteiger partial charge in [0, 0.05) is 37.2 Å². The highest BCUT2D eigenvalue weighted by atomic mass is 32.2. The van der Waals surface area contributed by atoms with Gasteiger partial charge in [-0.1, -0.05) is 36.4 Å². The molecule has 0 saturated carbocycles. The molecule has 2 saturated heterocycles. The van der Waals surface area contributed by atoms with Crippen LogP contribution in [-0.2, 0) is 10.0 Å². The maximum absolute atomic E-state index is 13.6. The van der Waals surface area contributed by atoms with Gasteiger partial charge in [-0.3, -0.25) is 4.90 Å². The summed E-state index contributed by atoms with van der Waals surface area (Å²) in [4.78, 5) is 2.58. The van der Waals surface area contributed by atoms with Gasteiger partial charge in [-0.05, 0) is 73.9 Å². The standard InChI is InChI=1S/C28H36N2O4S/c1-34-24-10-7-11-25(18-24)35(32,33)29-16-5-6-17-30-26(19-29)28(27(30)20-31)23-14-12-22(13-15-23)21-8-3-2-4-9-21/h7-8,10-15,18,26-28,31H,2-6,9,16-17,19-20H2,1H3/t26-,27+,28+/m1/s1. The number of aliphatic hydroxyl groups excluding tert-OH is 1. The molecule has 3 aliphatic rings. The van der Waals surface area contributed by atoms with Crippen molar-refractivity contribution >= 4 is 15.6 Å². The van der Waals surface area contributed by atoms with Crippen LogP contribution in [0, 0.1) is 0 Å². The number of allylic oxidation sites excluding steroid dienone is 2. The highest BCUT2D eigenvalue weighted by Gasteiger charge is 2.50. The highest BCUT2D eigenvalue weighted by Crippen LogP contribution is 2.43. The number of hydrogen-bond donors (Lipinski definition) is 1. The molecule has 2 aromatic rings. The Hall–Kier alpha value is -2.19. The van der Waals surface area contributed by atoms with Crippen LogP contribution in [0.15, 0.2) is 59.5 Å². The summed E-state index contributed by atoms with van der Waals surface area (Å²) in [5.41, 5.74) is 3.90. The van der Waals surface area contributed by atoms with Crippen molar-refractivity contribution in [3.8, 4) is 5.75 Å². The number of methoxy groups -OCH3 is 1. The van der Waals surface area contributed by atoms with Gasteiger partial charge in [0.25, 0.3) is 0 Å². The second-order valence-electron chi connectivity index (χ2n) is 9.93. The number of sulfonamides is 1. The van der Waals surface area contributed by atoms with Crippen LogP contribution >= 0.6 is 0 Å². The Morgan fingerprint density at radius 3 is 2.54 bits per heavy atom. The monoisotopic (exact) mass is 496 g/mol. The quantitative estimate of drug-likeness (QED) is 0.647. The number of benzene rings is 2. The number of ether oxygens (including phenoxy) is 1. The summed E-state index contributed by atoms with van der Waals surface area (Å²) in [5.74, 6) is 0.644. The molecule has 3 atom stereocenters. The van der Waals surface area contributed by atoms with Crippen molar-refractivity contribution in [3.63, 3.8) is 0 Å². The molecule has 7 heteroatoms. The first-order chi connectivity index (χ1) is 17.0. The molecule has 2 aliphatic heterocycles. The summed E-state index contributed by atoms with van der Waals surface area (Å²) in [5, 5.41) is 10.2. The molecule has 0 spiro atoms. The Labute approximate surface area is 209 Å². The Morgan fingerprint density at radius 2 is 1.83 bits per heavy atom. The van der Waals surface area contributed by atoms with E-state index in [1.54, 1.807) is 35.7 Å². The van der Waals surface area contributed by atoms with E-state index in [9.17, 15) is 13.5 Å². The molecule has 0 amide bonds. The minimum Gasteiger partial charge on any atom is -0.497 e. The first-order valence-corrected chi connectivity index (χ1v) is 14.3. The molecule has 0 radical (unpaired) electrons. The number of nitrogens with zero attached hydrogens (tertiary/aromatic N) is 2. The van der Waals surface area contributed by atoms with E-state index in [0.29, 0.717) is 18.8 Å². The van der Waals surface area contributed by atoms with Gasteiger partial charge in [0.1, 0.15) is 5.75 Å². The van der Waals surface area contributed by atoms with Crippen LogP contribution in [0.3, 0.4) is 0 Å². The van der Waals surface area contributed by atoms with Gasteiger partial charge in [0.15, 0.2) is 0 Å². The van der Waals surface area contributed by atoms with Gasteiger partial charge in [0.05, 0.1) is 18.6 Å². The van der Waals surface area contributed by atoms with Crippen LogP contribution in [0.2, 0.25) is 0 Å². The van der Waals surface area contributed by atoms with Crippen LogP contribution in [0.5, 0.6) is 5.75 Å². The minimum absolute atomic E-state index is 0.0271. The van der Waals surface area contributed by atoms with E-state index < -0.39 is 10.0 Å². The van der Waals surface area contributed by atoms with Crippen LogP contribution < -0.4 is 4.74 Å². The first kappa shape index (κ1) is 24.5. The van der Waals surface area contributed by atoms with Crippen molar-refractivity contribution in [2.45, 2.75) is 61.4 Å². The molecule has 188 valence electrons. The summed E-state index contributed by atoms with van der Waals surface area (Å²) in [6.07, 6.45) is 8.88. The minimum atomic E-state index is -3.65. The van der Waals surface area contributed by atoms with E-state index in [0.717, 1.165) is 32.2 Å². The first-order valence-electron chi connectivity index (χ1n) is 12.8. The molecular formula is C28H36N2O4S. The van der Waals surface area contributed by atoms with Crippen molar-refractivity contribution in [2.75, 3.05) is 33.4 Å². The molecule has 0 unspecified atom stereocenters. The van der Waals surface area contributed by atoms with Crippen molar-refractivity contribution in [1.29, 1.82) is 0 Å². The second kappa shape index (κ2) is 10.4. The fraction of sp³-hybridized carbons (Fsp3) is 0.500. The van der Waals surface area contributed by atoms with Crippen molar-refractivity contribution in [1.82, 2.24) is 9.21 Å². The SMILES string of the molecule is COc1cccc(S(=O)(=O)N2CCCCN3[C@H](C2)[C@H](c2ccc(C4=CCCCC4)cc2)[C@@H]3CO)c1. The lowest BCUT2D eigenvalue weighted by Gasteiger charge is -2.57. The molecule has 2 heterocycles. The molecule has 6 nitrogen and oxygen atoms in total. The third kappa shape index (κ3) is 4.79. The second-order valence-corrected chi connectivity index (χ2v) is 11.9. The van der Waals surface area contributed by atoms with Gasteiger partial charge < -0.3 is 9.84 Å². The largest absolute Gasteiger partial charge is 0.497 e. The van der Waals surface area contributed by atoms with Gasteiger partial charge in [-0.15, -0.1) is 0 Å². The molecule has 5 rings (SSSR count). The predicted molar refractivity (Wildman–Crippen MR) is 138 cm³/mol. The molecule has 2 fully saturated rings. The fourth-order valence-electron chi connectivity index (χ4n) is 6.06. The third-order valence-electron chi connectivity index (χ3n) is 7.97. The lowest BCUT2D eigenvalue weighted by atomic mass is 9.74. The third-order valence-corrected chi connectivity index (χ3v) is 9.83. The smallest absolute Gasteiger partial charge is 0.243 e. The molecule has 1 N–H and O–H groups in total. The Bertz CT molecular complexity index is 1160. The summed E-state index contributed by atoms with van der Waals surface area (Å²) in [7, 11) is -2.11. The highest BCUT2D eigenvalue weighted by molar-refractivity contribution is 7.89. The van der Waals surface area contributed by atoms with E-state index >= 15 is 0 Å². The number of hydrogen-bond acceptors (Lipinski definition) is 5. The maximum Gasteiger partial charge on any atom is 0.243 e. The molecular weight excluding hydrogens is 460 g/mol. The molecule has 0 aromatic heterocycles. The Morgan fingerprint density at radius 1 is 1.03 bits per heavy atom. The van der Waals surface area contributed by atoms with E-state index in [2.05, 4.69) is 35.2 Å². The average Bonchev–Trinajstić information content (AvgIpc) is 2.88. The summed E-state index contributed by atoms with van der Waals surface area (Å²) in [6, 6.07) is 15.6. The summed E-state index contributed by atoms with van der Waals surface area (Å²) >= 11 is 0. The molecule has 1 aliphatic carbocycles.